The maximum atomic E-state index is 13.7. The van der Waals surface area contributed by atoms with Crippen molar-refractivity contribution in [3.63, 3.8) is 0 Å². The highest BCUT2D eigenvalue weighted by molar-refractivity contribution is 5.90. The van der Waals surface area contributed by atoms with E-state index in [0.717, 1.165) is 45.3 Å². The zero-order valence-electron chi connectivity index (χ0n) is 15.3. The van der Waals surface area contributed by atoms with Gasteiger partial charge in [-0.05, 0) is 59.5 Å². The summed E-state index contributed by atoms with van der Waals surface area (Å²) < 4.78 is 13.7. The van der Waals surface area contributed by atoms with Gasteiger partial charge in [-0.2, -0.15) is 0 Å². The zero-order chi connectivity index (χ0) is 19.7. The third-order valence-electron chi connectivity index (χ3n) is 4.83. The van der Waals surface area contributed by atoms with E-state index in [-0.39, 0.29) is 11.4 Å². The molecule has 0 unspecified atom stereocenters. The maximum Gasteiger partial charge on any atom is 0.335 e. The number of aromatic nitrogens is 1. The summed E-state index contributed by atoms with van der Waals surface area (Å²) in [6, 6.07) is 21.4. The topological polar surface area (TPSA) is 50.2 Å². The first kappa shape index (κ1) is 17.9. The van der Waals surface area contributed by atoms with Gasteiger partial charge in [0, 0.05) is 16.6 Å². The van der Waals surface area contributed by atoms with Crippen molar-refractivity contribution in [1.82, 2.24) is 4.98 Å². The molecule has 0 radical (unpaired) electrons. The van der Waals surface area contributed by atoms with Crippen LogP contribution in [0.1, 0.15) is 23.0 Å². The summed E-state index contributed by atoms with van der Waals surface area (Å²) in [6.07, 6.45) is 0.735. The van der Waals surface area contributed by atoms with Crippen molar-refractivity contribution in [2.45, 2.75) is 13.3 Å². The van der Waals surface area contributed by atoms with Crippen molar-refractivity contribution < 1.29 is 14.3 Å². The quantitative estimate of drug-likeness (QED) is 0.481. The smallest absolute Gasteiger partial charge is 0.335 e. The van der Waals surface area contributed by atoms with Crippen LogP contribution in [0.15, 0.2) is 72.8 Å². The van der Waals surface area contributed by atoms with E-state index in [4.69, 9.17) is 10.1 Å². The Morgan fingerprint density at radius 2 is 1.68 bits per heavy atom. The number of fused-ring (bicyclic) bond motifs is 1. The fourth-order valence-corrected chi connectivity index (χ4v) is 3.37. The second-order valence-electron chi connectivity index (χ2n) is 6.64. The van der Waals surface area contributed by atoms with Gasteiger partial charge in [-0.15, -0.1) is 0 Å². The standard InChI is InChI=1S/C24H18FNO2/c1-2-22-21(18-4-3-5-20(25)12-18)13-19-11-10-17(14-23(19)26-22)15-6-8-16(9-7-15)24(27)28/h3-14H,2H2,1H3,(H,27,28). The number of carboxylic acids is 1. The molecular formula is C24H18FNO2. The van der Waals surface area contributed by atoms with E-state index in [1.807, 2.05) is 37.3 Å². The molecule has 3 aromatic carbocycles. The molecule has 0 bridgehead atoms. The van der Waals surface area contributed by atoms with E-state index in [9.17, 15) is 9.18 Å². The van der Waals surface area contributed by atoms with Crippen LogP contribution in [0, 0.1) is 5.82 Å². The molecule has 0 aliphatic heterocycles. The van der Waals surface area contributed by atoms with E-state index in [1.165, 1.54) is 12.1 Å². The SMILES string of the molecule is CCc1nc2cc(-c3ccc(C(=O)O)cc3)ccc2cc1-c1cccc(F)c1. The number of nitrogens with zero attached hydrogens (tertiary/aromatic N) is 1. The monoisotopic (exact) mass is 371 g/mol. The Kier molecular flexibility index (Phi) is 4.62. The molecule has 0 saturated carbocycles. The largest absolute Gasteiger partial charge is 0.478 e. The first-order valence-electron chi connectivity index (χ1n) is 9.08. The molecule has 1 aromatic heterocycles. The third-order valence-corrected chi connectivity index (χ3v) is 4.83. The highest BCUT2D eigenvalue weighted by Crippen LogP contribution is 2.30. The Balaban J connectivity index is 1.80. The minimum atomic E-state index is -0.941. The average molecular weight is 371 g/mol. The number of hydrogen-bond donors (Lipinski definition) is 1. The second kappa shape index (κ2) is 7.24. The molecule has 138 valence electrons. The Bertz CT molecular complexity index is 1180. The van der Waals surface area contributed by atoms with Crippen molar-refractivity contribution in [2.24, 2.45) is 0 Å². The molecule has 28 heavy (non-hydrogen) atoms. The fraction of sp³-hybridized carbons (Fsp3) is 0.0833. The van der Waals surface area contributed by atoms with Crippen LogP contribution >= 0.6 is 0 Å². The van der Waals surface area contributed by atoms with Gasteiger partial charge in [-0.1, -0.05) is 43.3 Å². The van der Waals surface area contributed by atoms with Crippen LogP contribution in [0.25, 0.3) is 33.2 Å². The molecule has 0 saturated heterocycles. The maximum absolute atomic E-state index is 13.7. The lowest BCUT2D eigenvalue weighted by molar-refractivity contribution is 0.0697. The zero-order valence-corrected chi connectivity index (χ0v) is 15.3. The van der Waals surface area contributed by atoms with Crippen LogP contribution in [-0.4, -0.2) is 16.1 Å². The van der Waals surface area contributed by atoms with E-state index in [0.29, 0.717) is 0 Å². The predicted molar refractivity (Wildman–Crippen MR) is 109 cm³/mol. The number of carboxylic acid groups (broad SMARTS) is 1. The Morgan fingerprint density at radius 3 is 2.36 bits per heavy atom. The highest BCUT2D eigenvalue weighted by atomic mass is 19.1. The molecule has 4 heteroatoms. The number of hydrogen-bond acceptors (Lipinski definition) is 2. The summed E-state index contributed by atoms with van der Waals surface area (Å²) in [7, 11) is 0. The molecule has 1 heterocycles. The number of halogens is 1. The van der Waals surface area contributed by atoms with Crippen LogP contribution < -0.4 is 0 Å². The summed E-state index contributed by atoms with van der Waals surface area (Å²) in [5.41, 5.74) is 5.69. The van der Waals surface area contributed by atoms with Gasteiger partial charge in [-0.3, -0.25) is 4.98 Å². The summed E-state index contributed by atoms with van der Waals surface area (Å²) >= 11 is 0. The lowest BCUT2D eigenvalue weighted by Crippen LogP contribution is -1.96. The van der Waals surface area contributed by atoms with Crippen LogP contribution in [0.3, 0.4) is 0 Å². The number of benzene rings is 3. The lowest BCUT2D eigenvalue weighted by atomic mass is 9.98. The van der Waals surface area contributed by atoms with Gasteiger partial charge in [0.25, 0.3) is 0 Å². The van der Waals surface area contributed by atoms with Gasteiger partial charge in [-0.25, -0.2) is 9.18 Å². The molecule has 0 aliphatic carbocycles. The van der Waals surface area contributed by atoms with Gasteiger partial charge in [0.15, 0.2) is 0 Å². The van der Waals surface area contributed by atoms with Gasteiger partial charge in [0.1, 0.15) is 5.82 Å². The predicted octanol–water partition coefficient (Wildman–Crippen LogP) is 5.97. The fourth-order valence-electron chi connectivity index (χ4n) is 3.37. The summed E-state index contributed by atoms with van der Waals surface area (Å²) in [6.45, 7) is 2.03. The van der Waals surface area contributed by atoms with Gasteiger partial charge in [0.2, 0.25) is 0 Å². The normalized spacial score (nSPS) is 10.9. The van der Waals surface area contributed by atoms with Crippen molar-refractivity contribution in [1.29, 1.82) is 0 Å². The number of pyridine rings is 1. The van der Waals surface area contributed by atoms with Gasteiger partial charge >= 0.3 is 5.97 Å². The highest BCUT2D eigenvalue weighted by Gasteiger charge is 2.10. The molecule has 0 amide bonds. The number of carbonyl (C=O) groups is 1. The Labute approximate surface area is 162 Å². The summed E-state index contributed by atoms with van der Waals surface area (Å²) in [4.78, 5) is 15.8. The summed E-state index contributed by atoms with van der Waals surface area (Å²) in [5, 5.41) is 10.0. The van der Waals surface area contributed by atoms with Gasteiger partial charge < -0.3 is 5.11 Å². The minimum absolute atomic E-state index is 0.260. The number of aromatic carboxylic acids is 1. The van der Waals surface area contributed by atoms with E-state index in [1.54, 1.807) is 30.3 Å². The molecule has 0 aliphatic rings. The molecule has 1 N–H and O–H groups in total. The van der Waals surface area contributed by atoms with Crippen LogP contribution in [0.4, 0.5) is 4.39 Å². The van der Waals surface area contributed by atoms with Gasteiger partial charge in [0.05, 0.1) is 11.1 Å². The molecule has 3 nitrogen and oxygen atoms in total. The first-order chi connectivity index (χ1) is 13.5. The van der Waals surface area contributed by atoms with Crippen LogP contribution in [0.2, 0.25) is 0 Å². The molecule has 0 atom stereocenters. The second-order valence-corrected chi connectivity index (χ2v) is 6.64. The average Bonchev–Trinajstić information content (AvgIpc) is 2.72. The van der Waals surface area contributed by atoms with Crippen molar-refractivity contribution >= 4 is 16.9 Å². The number of rotatable bonds is 4. The van der Waals surface area contributed by atoms with Crippen LogP contribution in [-0.2, 0) is 6.42 Å². The minimum Gasteiger partial charge on any atom is -0.478 e. The van der Waals surface area contributed by atoms with Crippen molar-refractivity contribution in [3.8, 4) is 22.3 Å². The lowest BCUT2D eigenvalue weighted by Gasteiger charge is -2.11. The molecule has 4 rings (SSSR count). The van der Waals surface area contributed by atoms with E-state index < -0.39 is 5.97 Å². The molecule has 4 aromatic rings. The van der Waals surface area contributed by atoms with Crippen molar-refractivity contribution in [3.05, 3.63) is 89.9 Å². The number of aryl methyl sites for hydroxylation is 1. The Morgan fingerprint density at radius 1 is 0.929 bits per heavy atom. The van der Waals surface area contributed by atoms with E-state index in [2.05, 4.69) is 0 Å². The van der Waals surface area contributed by atoms with Crippen molar-refractivity contribution in [2.75, 3.05) is 0 Å². The summed E-state index contributed by atoms with van der Waals surface area (Å²) in [5.74, 6) is -1.20. The third kappa shape index (κ3) is 3.37. The van der Waals surface area contributed by atoms with Crippen LogP contribution in [0.5, 0.6) is 0 Å². The molecular weight excluding hydrogens is 353 g/mol. The first-order valence-corrected chi connectivity index (χ1v) is 9.08. The molecule has 0 fully saturated rings. The molecule has 0 spiro atoms. The Hall–Kier alpha value is -3.53. The van der Waals surface area contributed by atoms with E-state index >= 15 is 0 Å².